The van der Waals surface area contributed by atoms with Gasteiger partial charge < -0.3 is 19.7 Å². The average Bonchev–Trinajstić information content (AvgIpc) is 2.30. The van der Waals surface area contributed by atoms with Crippen LogP contribution < -0.4 is 5.32 Å². The molecule has 0 aromatic carbocycles. The molecule has 0 rings (SSSR count). The van der Waals surface area contributed by atoms with E-state index in [2.05, 4.69) is 5.32 Å². The smallest absolute Gasteiger partial charge is 0.410 e. The van der Waals surface area contributed by atoms with Gasteiger partial charge in [-0.25, -0.2) is 13.6 Å². The fourth-order valence-corrected chi connectivity index (χ4v) is 1.34. The van der Waals surface area contributed by atoms with Gasteiger partial charge in [0.15, 0.2) is 0 Å². The monoisotopic (exact) mass is 296 g/mol. The predicted molar refractivity (Wildman–Crippen MR) is 73.2 cm³/mol. The standard InChI is InChI=1S/C13H26F2N2O3/c1-10(11(14)15)16-6-7-17(8-9-19-5)12(18)20-13(2,3)4/h10-11,16H,6-9H2,1-5H3. The van der Waals surface area contributed by atoms with Crippen molar-refractivity contribution in [2.45, 2.75) is 45.8 Å². The molecule has 0 heterocycles. The minimum Gasteiger partial charge on any atom is -0.444 e. The molecule has 1 unspecified atom stereocenters. The zero-order chi connectivity index (χ0) is 15.8. The lowest BCUT2D eigenvalue weighted by Gasteiger charge is -2.27. The van der Waals surface area contributed by atoms with E-state index < -0.39 is 24.2 Å². The highest BCUT2D eigenvalue weighted by Gasteiger charge is 2.22. The highest BCUT2D eigenvalue weighted by atomic mass is 19.3. The van der Waals surface area contributed by atoms with E-state index in [1.807, 2.05) is 0 Å². The summed E-state index contributed by atoms with van der Waals surface area (Å²) in [6.07, 6.45) is -2.90. The lowest BCUT2D eigenvalue weighted by Crippen LogP contribution is -2.44. The van der Waals surface area contributed by atoms with Gasteiger partial charge in [-0.15, -0.1) is 0 Å². The number of halogens is 2. The molecular weight excluding hydrogens is 270 g/mol. The zero-order valence-electron chi connectivity index (χ0n) is 12.9. The van der Waals surface area contributed by atoms with Crippen LogP contribution in [0.25, 0.3) is 0 Å². The third-order valence-electron chi connectivity index (χ3n) is 2.44. The summed E-state index contributed by atoms with van der Waals surface area (Å²) < 4.78 is 34.9. The van der Waals surface area contributed by atoms with Gasteiger partial charge in [-0.2, -0.15) is 0 Å². The van der Waals surface area contributed by atoms with Gasteiger partial charge in [0.2, 0.25) is 0 Å². The Hall–Kier alpha value is -0.950. The molecule has 0 radical (unpaired) electrons. The van der Waals surface area contributed by atoms with E-state index in [0.717, 1.165) is 0 Å². The first kappa shape index (κ1) is 19.1. The van der Waals surface area contributed by atoms with Crippen LogP contribution in [0.5, 0.6) is 0 Å². The Kier molecular flexibility index (Phi) is 8.64. The van der Waals surface area contributed by atoms with Crippen molar-refractivity contribution in [3.8, 4) is 0 Å². The predicted octanol–water partition coefficient (Wildman–Crippen LogP) is 2.11. The topological polar surface area (TPSA) is 50.8 Å². The number of rotatable bonds is 8. The molecule has 1 N–H and O–H groups in total. The van der Waals surface area contributed by atoms with Crippen molar-refractivity contribution in [3.05, 3.63) is 0 Å². The fraction of sp³-hybridized carbons (Fsp3) is 0.923. The molecule has 0 aliphatic rings. The van der Waals surface area contributed by atoms with Crippen LogP contribution in [0.1, 0.15) is 27.7 Å². The first-order valence-corrected chi connectivity index (χ1v) is 6.65. The highest BCUT2D eigenvalue weighted by molar-refractivity contribution is 5.68. The molecule has 20 heavy (non-hydrogen) atoms. The van der Waals surface area contributed by atoms with Crippen molar-refractivity contribution in [2.24, 2.45) is 0 Å². The summed E-state index contributed by atoms with van der Waals surface area (Å²) >= 11 is 0. The van der Waals surface area contributed by atoms with Crippen molar-refractivity contribution in [1.29, 1.82) is 0 Å². The Bertz CT molecular complexity index is 283. The number of nitrogens with one attached hydrogen (secondary N) is 1. The third-order valence-corrected chi connectivity index (χ3v) is 2.44. The van der Waals surface area contributed by atoms with Crippen LogP contribution in [-0.4, -0.2) is 62.4 Å². The van der Waals surface area contributed by atoms with Crippen LogP contribution in [0.2, 0.25) is 0 Å². The van der Waals surface area contributed by atoms with Crippen LogP contribution >= 0.6 is 0 Å². The second kappa shape index (κ2) is 9.07. The molecule has 0 saturated heterocycles. The molecule has 0 aromatic heterocycles. The maximum absolute atomic E-state index is 12.3. The lowest BCUT2D eigenvalue weighted by molar-refractivity contribution is 0.0198. The van der Waals surface area contributed by atoms with E-state index in [1.165, 1.54) is 18.9 Å². The Morgan fingerprint density at radius 2 is 1.90 bits per heavy atom. The number of carbonyl (C=O) groups excluding carboxylic acids is 1. The second-order valence-corrected chi connectivity index (χ2v) is 5.54. The molecule has 1 amide bonds. The SMILES string of the molecule is COCCN(CCNC(C)C(F)F)C(=O)OC(C)(C)C. The van der Waals surface area contributed by atoms with Crippen molar-refractivity contribution < 1.29 is 23.0 Å². The van der Waals surface area contributed by atoms with Crippen molar-refractivity contribution in [2.75, 3.05) is 33.4 Å². The summed E-state index contributed by atoms with van der Waals surface area (Å²) in [4.78, 5) is 13.4. The number of hydrogen-bond acceptors (Lipinski definition) is 4. The molecule has 1 atom stereocenters. The number of amides is 1. The maximum atomic E-state index is 12.3. The van der Waals surface area contributed by atoms with E-state index >= 15 is 0 Å². The Balaban J connectivity index is 4.30. The first-order valence-electron chi connectivity index (χ1n) is 6.65. The Morgan fingerprint density at radius 3 is 2.35 bits per heavy atom. The summed E-state index contributed by atoms with van der Waals surface area (Å²) in [5.41, 5.74) is -0.591. The molecule has 0 spiro atoms. The van der Waals surface area contributed by atoms with E-state index in [4.69, 9.17) is 9.47 Å². The number of alkyl halides is 2. The molecule has 0 saturated carbocycles. The van der Waals surface area contributed by atoms with Crippen LogP contribution in [0, 0.1) is 0 Å². The van der Waals surface area contributed by atoms with Gasteiger partial charge in [-0.3, -0.25) is 0 Å². The van der Waals surface area contributed by atoms with Crippen LogP contribution in [0.3, 0.4) is 0 Å². The number of methoxy groups -OCH3 is 1. The second-order valence-electron chi connectivity index (χ2n) is 5.54. The van der Waals surface area contributed by atoms with E-state index in [0.29, 0.717) is 13.2 Å². The van der Waals surface area contributed by atoms with Gasteiger partial charge in [0.1, 0.15) is 5.60 Å². The average molecular weight is 296 g/mol. The zero-order valence-corrected chi connectivity index (χ0v) is 12.9. The van der Waals surface area contributed by atoms with Gasteiger partial charge in [0.05, 0.1) is 12.6 Å². The van der Waals surface area contributed by atoms with Crippen LogP contribution in [0.4, 0.5) is 13.6 Å². The minimum absolute atomic E-state index is 0.272. The molecule has 0 bridgehead atoms. The largest absolute Gasteiger partial charge is 0.444 e. The molecule has 0 fully saturated rings. The van der Waals surface area contributed by atoms with Gasteiger partial charge in [-0.05, 0) is 27.7 Å². The van der Waals surface area contributed by atoms with Crippen LogP contribution in [0.15, 0.2) is 0 Å². The molecule has 120 valence electrons. The fourth-order valence-electron chi connectivity index (χ4n) is 1.34. The van der Waals surface area contributed by atoms with E-state index in [9.17, 15) is 13.6 Å². The Labute approximate surface area is 119 Å². The molecular formula is C13H26F2N2O3. The normalized spacial score (nSPS) is 13.4. The van der Waals surface area contributed by atoms with Gasteiger partial charge in [0.25, 0.3) is 6.43 Å². The molecule has 0 aromatic rings. The van der Waals surface area contributed by atoms with E-state index in [1.54, 1.807) is 20.8 Å². The molecule has 5 nitrogen and oxygen atoms in total. The van der Waals surface area contributed by atoms with Crippen LogP contribution in [-0.2, 0) is 9.47 Å². The summed E-state index contributed by atoms with van der Waals surface area (Å²) in [5, 5.41) is 2.67. The maximum Gasteiger partial charge on any atom is 0.410 e. The lowest BCUT2D eigenvalue weighted by atomic mass is 10.2. The third kappa shape index (κ3) is 9.03. The molecule has 7 heteroatoms. The summed E-state index contributed by atoms with van der Waals surface area (Å²) in [7, 11) is 1.53. The summed E-state index contributed by atoms with van der Waals surface area (Å²) in [6.45, 7) is 8.00. The summed E-state index contributed by atoms with van der Waals surface area (Å²) in [5.74, 6) is 0. The van der Waals surface area contributed by atoms with Gasteiger partial charge >= 0.3 is 6.09 Å². The van der Waals surface area contributed by atoms with Crippen molar-refractivity contribution in [3.63, 3.8) is 0 Å². The molecule has 0 aliphatic heterocycles. The van der Waals surface area contributed by atoms with Crippen molar-refractivity contribution >= 4 is 6.09 Å². The number of hydrogen-bond donors (Lipinski definition) is 1. The Morgan fingerprint density at radius 1 is 1.30 bits per heavy atom. The minimum atomic E-state index is -2.43. The number of nitrogens with zero attached hydrogens (tertiary/aromatic N) is 1. The summed E-state index contributed by atoms with van der Waals surface area (Å²) in [6, 6.07) is -0.905. The number of ether oxygens (including phenoxy) is 2. The molecule has 0 aliphatic carbocycles. The first-order chi connectivity index (χ1) is 9.17. The number of carbonyl (C=O) groups is 1. The quantitative estimate of drug-likeness (QED) is 0.745. The highest BCUT2D eigenvalue weighted by Crippen LogP contribution is 2.09. The van der Waals surface area contributed by atoms with Gasteiger partial charge in [-0.1, -0.05) is 0 Å². The van der Waals surface area contributed by atoms with E-state index in [-0.39, 0.29) is 13.1 Å². The van der Waals surface area contributed by atoms with Crippen molar-refractivity contribution in [1.82, 2.24) is 10.2 Å². The van der Waals surface area contributed by atoms with Gasteiger partial charge in [0, 0.05) is 26.7 Å².